The Kier molecular flexibility index (Phi) is 71.7. The molecule has 0 aromatic heterocycles. The number of esters is 2. The number of allylic oxidation sites excluding steroid dienone is 32. The monoisotopic (exact) mass is 1300 g/mol. The Morgan fingerprint density at radius 3 is 0.828 bits per heavy atom. The summed E-state index contributed by atoms with van der Waals surface area (Å²) in [5, 5.41) is 0. The van der Waals surface area contributed by atoms with Crippen molar-refractivity contribution in [2.75, 3.05) is 26.4 Å². The minimum atomic E-state index is -4.41. The molecule has 2 unspecified atom stereocenters. The van der Waals surface area contributed by atoms with E-state index in [1.54, 1.807) is 0 Å². The van der Waals surface area contributed by atoms with Gasteiger partial charge >= 0.3 is 19.8 Å². The molecule has 0 amide bonds. The smallest absolute Gasteiger partial charge is 0.462 e. The summed E-state index contributed by atoms with van der Waals surface area (Å²) in [6, 6.07) is 0. The van der Waals surface area contributed by atoms with E-state index in [1.807, 2.05) is 0 Å². The van der Waals surface area contributed by atoms with Crippen LogP contribution >= 0.6 is 7.82 Å². The van der Waals surface area contributed by atoms with Gasteiger partial charge in [-0.1, -0.05) is 324 Å². The molecule has 0 aromatic rings. The highest BCUT2D eigenvalue weighted by molar-refractivity contribution is 7.47. The van der Waals surface area contributed by atoms with E-state index in [9.17, 15) is 19.0 Å². The summed E-state index contributed by atoms with van der Waals surface area (Å²) in [6.45, 7) is 3.49. The van der Waals surface area contributed by atoms with Crippen LogP contribution < -0.4 is 5.73 Å². The lowest BCUT2D eigenvalue weighted by Crippen LogP contribution is -2.29. The number of ether oxygens (including phenoxy) is 2. The van der Waals surface area contributed by atoms with E-state index < -0.39 is 32.5 Å². The lowest BCUT2D eigenvalue weighted by molar-refractivity contribution is -0.161. The molecule has 2 atom stereocenters. The van der Waals surface area contributed by atoms with Gasteiger partial charge in [-0.25, -0.2) is 4.57 Å². The van der Waals surface area contributed by atoms with Gasteiger partial charge < -0.3 is 20.1 Å². The molecule has 0 bridgehead atoms. The van der Waals surface area contributed by atoms with Gasteiger partial charge in [-0.15, -0.1) is 0 Å². The topological polar surface area (TPSA) is 134 Å². The van der Waals surface area contributed by atoms with Crippen LogP contribution in [0, 0.1) is 0 Å². The van der Waals surface area contributed by atoms with Crippen molar-refractivity contribution in [1.29, 1.82) is 0 Å². The third-order valence-corrected chi connectivity index (χ3v) is 16.0. The van der Waals surface area contributed by atoms with Gasteiger partial charge in [0.15, 0.2) is 6.10 Å². The molecule has 0 saturated heterocycles. The number of phosphoric acid groups is 1. The number of unbranched alkanes of at least 4 members (excludes halogenated alkanes) is 22. The molecule has 0 aliphatic heterocycles. The molecule has 0 aromatic carbocycles. The van der Waals surface area contributed by atoms with Gasteiger partial charge in [0.25, 0.3) is 0 Å². The SMILES string of the molecule is CC/C=C\C/C=C\C/C=C\C/C=C\C/C=C\C/C=C\C/C=C\C/C=C\C/C=C\CCCCCCCC(=O)OC(COC(=O)CCCCCCCCCCCCCCCCCCC/C=C\C/C=C\C/C=C\C/C=C\C/C=C\C/C=C\C/C=C\CC)COP(=O)(O)OCCN. The lowest BCUT2D eigenvalue weighted by Gasteiger charge is -2.19. The molecular formula is C83H134NO8P. The van der Waals surface area contributed by atoms with Crippen LogP contribution in [0.4, 0.5) is 0 Å². The van der Waals surface area contributed by atoms with Crippen LogP contribution in [0.25, 0.3) is 0 Å². The highest BCUT2D eigenvalue weighted by Crippen LogP contribution is 2.43. The zero-order valence-electron chi connectivity index (χ0n) is 58.9. The molecule has 93 heavy (non-hydrogen) atoms. The highest BCUT2D eigenvalue weighted by Gasteiger charge is 2.26. The molecule has 0 aliphatic carbocycles. The largest absolute Gasteiger partial charge is 0.472 e. The quantitative estimate of drug-likeness (QED) is 0.0264. The maximum atomic E-state index is 12.8. The standard InChI is InChI=1S/C83H134NO8P/c1-3-5-7-9-11-13-15-17-19-21-23-25-27-29-31-33-35-37-38-39-40-41-42-44-45-47-49-51-53-55-57-59-61-63-65-67-69-71-73-75-82(85)89-79-81(80-91-93(87,88)90-78-77-84)92-83(86)76-74-72-70-68-66-64-62-60-58-56-54-52-50-48-46-43-36-34-32-30-28-26-24-22-20-18-16-14-12-10-8-6-4-2/h5-8,11-14,17-20,23-26,29-32,35-37,39-40,43,48,50,54,56,60,62,81H,3-4,9-10,15-16,21-22,27-28,33-34,38,41-42,44-47,49,51-53,55,57-59,61,63-80,84H2,1-2H3,(H,87,88)/b7-5-,8-6-,13-11-,14-12-,19-17-,20-18-,25-23-,26-24-,31-29-,32-30-,37-35-,40-39-,43-36-,50-48-,56-54-,62-60-. The van der Waals surface area contributed by atoms with Crippen molar-refractivity contribution in [2.24, 2.45) is 5.73 Å². The lowest BCUT2D eigenvalue weighted by atomic mass is 10.0. The Balaban J connectivity index is 3.95. The fourth-order valence-electron chi connectivity index (χ4n) is 9.61. The van der Waals surface area contributed by atoms with Gasteiger partial charge in [0.05, 0.1) is 13.2 Å². The summed E-state index contributed by atoms with van der Waals surface area (Å²) in [5.74, 6) is -0.857. The van der Waals surface area contributed by atoms with E-state index in [0.29, 0.717) is 6.42 Å². The maximum absolute atomic E-state index is 12.8. The third-order valence-electron chi connectivity index (χ3n) is 15.0. The van der Waals surface area contributed by atoms with Crippen LogP contribution in [0.3, 0.4) is 0 Å². The third kappa shape index (κ3) is 75.8. The summed E-state index contributed by atoms with van der Waals surface area (Å²) in [6.07, 6.45) is 115. The van der Waals surface area contributed by atoms with Crippen molar-refractivity contribution < 1.29 is 37.6 Å². The number of carbonyl (C=O) groups excluding carboxylic acids is 2. The molecule has 0 rings (SSSR count). The molecule has 3 N–H and O–H groups in total. The summed E-state index contributed by atoms with van der Waals surface area (Å²) >= 11 is 0. The number of hydrogen-bond acceptors (Lipinski definition) is 8. The second-order valence-electron chi connectivity index (χ2n) is 23.7. The van der Waals surface area contributed by atoms with Crippen LogP contribution in [-0.2, 0) is 32.7 Å². The highest BCUT2D eigenvalue weighted by atomic mass is 31.2. The fraction of sp³-hybridized carbons (Fsp3) is 0.590. The molecule has 0 saturated carbocycles. The molecule has 524 valence electrons. The molecular weight excluding hydrogens is 1170 g/mol. The predicted octanol–water partition coefficient (Wildman–Crippen LogP) is 24.9. The zero-order valence-corrected chi connectivity index (χ0v) is 59.8. The Labute approximate surface area is 570 Å². The van der Waals surface area contributed by atoms with Gasteiger partial charge in [-0.05, 0) is 141 Å². The van der Waals surface area contributed by atoms with Crippen LogP contribution in [0.5, 0.6) is 0 Å². The average Bonchev–Trinajstić information content (AvgIpc) is 3.32. The molecule has 0 heterocycles. The van der Waals surface area contributed by atoms with Crippen LogP contribution in [-0.4, -0.2) is 49.3 Å². The van der Waals surface area contributed by atoms with Crippen molar-refractivity contribution in [1.82, 2.24) is 0 Å². The first-order chi connectivity index (χ1) is 45.8. The normalized spacial score (nSPS) is 14.1. The molecule has 10 heteroatoms. The molecule has 0 fully saturated rings. The molecule has 0 radical (unpaired) electrons. The van der Waals surface area contributed by atoms with Gasteiger partial charge in [0.1, 0.15) is 6.61 Å². The molecule has 9 nitrogen and oxygen atoms in total. The van der Waals surface area contributed by atoms with Crippen molar-refractivity contribution in [3.8, 4) is 0 Å². The number of hydrogen-bond donors (Lipinski definition) is 2. The van der Waals surface area contributed by atoms with Gasteiger partial charge in [-0.2, -0.15) is 0 Å². The first-order valence-electron chi connectivity index (χ1n) is 36.9. The van der Waals surface area contributed by atoms with Crippen molar-refractivity contribution in [3.05, 3.63) is 194 Å². The average molecular weight is 1300 g/mol. The summed E-state index contributed by atoms with van der Waals surface area (Å²) in [5.41, 5.74) is 5.40. The molecule has 0 spiro atoms. The number of carbonyl (C=O) groups is 2. The Bertz CT molecular complexity index is 2230. The van der Waals surface area contributed by atoms with E-state index in [-0.39, 0.29) is 32.6 Å². The van der Waals surface area contributed by atoms with E-state index in [2.05, 4.69) is 208 Å². The van der Waals surface area contributed by atoms with E-state index in [4.69, 9.17) is 24.3 Å². The Morgan fingerprint density at radius 2 is 0.559 bits per heavy atom. The number of rotatable bonds is 67. The number of phosphoric ester groups is 1. The second kappa shape index (κ2) is 75.9. The Hall–Kier alpha value is -5.15. The zero-order chi connectivity index (χ0) is 67.2. The first-order valence-corrected chi connectivity index (χ1v) is 38.4. The second-order valence-corrected chi connectivity index (χ2v) is 25.1. The minimum absolute atomic E-state index is 0.0411. The minimum Gasteiger partial charge on any atom is -0.462 e. The van der Waals surface area contributed by atoms with Crippen molar-refractivity contribution in [3.63, 3.8) is 0 Å². The predicted molar refractivity (Wildman–Crippen MR) is 403 cm³/mol. The van der Waals surface area contributed by atoms with Crippen molar-refractivity contribution in [2.45, 2.75) is 290 Å². The van der Waals surface area contributed by atoms with Crippen molar-refractivity contribution >= 4 is 19.8 Å². The van der Waals surface area contributed by atoms with Gasteiger partial charge in [0.2, 0.25) is 0 Å². The van der Waals surface area contributed by atoms with E-state index in [0.717, 1.165) is 154 Å². The van der Waals surface area contributed by atoms with Crippen LogP contribution in [0.1, 0.15) is 284 Å². The summed E-state index contributed by atoms with van der Waals surface area (Å²) in [7, 11) is -4.41. The van der Waals surface area contributed by atoms with E-state index in [1.165, 1.54) is 96.3 Å². The van der Waals surface area contributed by atoms with Crippen LogP contribution in [0.2, 0.25) is 0 Å². The summed E-state index contributed by atoms with van der Waals surface area (Å²) in [4.78, 5) is 35.4. The maximum Gasteiger partial charge on any atom is 0.472 e. The van der Waals surface area contributed by atoms with E-state index >= 15 is 0 Å². The Morgan fingerprint density at radius 1 is 0.323 bits per heavy atom. The fourth-order valence-corrected chi connectivity index (χ4v) is 10.4. The van der Waals surface area contributed by atoms with Crippen LogP contribution in [0.15, 0.2) is 194 Å². The number of nitrogens with two attached hydrogens (primary N) is 1. The first kappa shape index (κ1) is 87.9. The van der Waals surface area contributed by atoms with Gasteiger partial charge in [-0.3, -0.25) is 18.6 Å². The molecule has 0 aliphatic rings. The van der Waals surface area contributed by atoms with Gasteiger partial charge in [0, 0.05) is 19.4 Å². The summed E-state index contributed by atoms with van der Waals surface area (Å²) < 4.78 is 33.2.